The lowest BCUT2D eigenvalue weighted by atomic mass is 9.76. The van der Waals surface area contributed by atoms with E-state index in [2.05, 4.69) is 62.3 Å². The topological polar surface area (TPSA) is 0 Å². The summed E-state index contributed by atoms with van der Waals surface area (Å²) in [6.07, 6.45) is 19.9. The molecule has 0 fully saturated rings. The van der Waals surface area contributed by atoms with E-state index in [-0.39, 0.29) is 0 Å². The van der Waals surface area contributed by atoms with E-state index in [0.717, 1.165) is 41.4 Å². The van der Waals surface area contributed by atoms with E-state index in [1.54, 1.807) is 0 Å². The SMILES string of the molecule is CCC(CC)CC(CC)CC(C)CC(CC)CC(CC)CC(CC)CC(CC)CC. The van der Waals surface area contributed by atoms with E-state index in [4.69, 9.17) is 0 Å². The lowest BCUT2D eigenvalue weighted by Gasteiger charge is -2.30. The van der Waals surface area contributed by atoms with Gasteiger partial charge < -0.3 is 0 Å². The second-order valence-electron chi connectivity index (χ2n) is 11.0. The van der Waals surface area contributed by atoms with Gasteiger partial charge in [0.05, 0.1) is 0 Å². The van der Waals surface area contributed by atoms with Crippen LogP contribution in [0.2, 0.25) is 0 Å². The largest absolute Gasteiger partial charge is 0.0651 e. The summed E-state index contributed by atoms with van der Waals surface area (Å²) >= 11 is 0. The van der Waals surface area contributed by atoms with Crippen molar-refractivity contribution in [3.05, 3.63) is 0 Å². The Labute approximate surface area is 193 Å². The molecule has 0 heterocycles. The van der Waals surface area contributed by atoms with Crippen LogP contribution in [0.25, 0.3) is 0 Å². The highest BCUT2D eigenvalue weighted by Gasteiger charge is 2.23. The first-order valence-corrected chi connectivity index (χ1v) is 14.4. The van der Waals surface area contributed by atoms with E-state index >= 15 is 0 Å². The molecule has 0 aliphatic heterocycles. The molecule has 0 rings (SSSR count). The molecule has 30 heavy (non-hydrogen) atoms. The van der Waals surface area contributed by atoms with Gasteiger partial charge in [0.2, 0.25) is 0 Å². The van der Waals surface area contributed by atoms with Gasteiger partial charge in [-0.3, -0.25) is 0 Å². The standard InChI is InChI=1S/C30H62/c1-10-25(11-2)20-27(14-5)18-24(9)19-28(15-6)22-30(17-8)23-29(16-7)21-26(12-3)13-4/h24-30H,10-23H2,1-9H3. The second kappa shape index (κ2) is 18.6. The maximum atomic E-state index is 2.56. The molecule has 0 N–H and O–H groups in total. The van der Waals surface area contributed by atoms with Crippen LogP contribution in [0.5, 0.6) is 0 Å². The fourth-order valence-corrected chi connectivity index (χ4v) is 6.08. The number of hydrogen-bond donors (Lipinski definition) is 0. The van der Waals surface area contributed by atoms with Crippen molar-refractivity contribution in [3.8, 4) is 0 Å². The molecule has 0 bridgehead atoms. The van der Waals surface area contributed by atoms with Gasteiger partial charge >= 0.3 is 0 Å². The van der Waals surface area contributed by atoms with Gasteiger partial charge in [-0.05, 0) is 80.0 Å². The molecule has 5 atom stereocenters. The van der Waals surface area contributed by atoms with E-state index in [1.807, 2.05) is 0 Å². The Kier molecular flexibility index (Phi) is 18.6. The molecule has 0 aromatic carbocycles. The molecule has 0 amide bonds. The lowest BCUT2D eigenvalue weighted by molar-refractivity contribution is 0.219. The molecule has 0 aromatic heterocycles. The van der Waals surface area contributed by atoms with Crippen LogP contribution in [0.3, 0.4) is 0 Å². The van der Waals surface area contributed by atoms with Crippen LogP contribution in [0.15, 0.2) is 0 Å². The van der Waals surface area contributed by atoms with Gasteiger partial charge in [0.25, 0.3) is 0 Å². The van der Waals surface area contributed by atoms with Crippen molar-refractivity contribution in [3.63, 3.8) is 0 Å². The average Bonchev–Trinajstić information content (AvgIpc) is 2.77. The molecule has 0 saturated heterocycles. The third kappa shape index (κ3) is 12.8. The third-order valence-corrected chi connectivity index (χ3v) is 8.76. The van der Waals surface area contributed by atoms with Crippen molar-refractivity contribution < 1.29 is 0 Å². The highest BCUT2D eigenvalue weighted by Crippen LogP contribution is 2.35. The van der Waals surface area contributed by atoms with Gasteiger partial charge in [-0.25, -0.2) is 0 Å². The van der Waals surface area contributed by atoms with Crippen molar-refractivity contribution in [2.45, 2.75) is 152 Å². The van der Waals surface area contributed by atoms with Crippen LogP contribution >= 0.6 is 0 Å². The molecular weight excluding hydrogens is 360 g/mol. The van der Waals surface area contributed by atoms with Crippen molar-refractivity contribution >= 4 is 0 Å². The Hall–Kier alpha value is 0. The molecule has 0 spiro atoms. The minimum atomic E-state index is 0.901. The average molecular weight is 423 g/mol. The smallest absolute Gasteiger partial charge is 0.0412 e. The van der Waals surface area contributed by atoms with Gasteiger partial charge in [-0.1, -0.05) is 114 Å². The van der Waals surface area contributed by atoms with Crippen molar-refractivity contribution in [1.29, 1.82) is 0 Å². The number of hydrogen-bond acceptors (Lipinski definition) is 0. The van der Waals surface area contributed by atoms with Crippen LogP contribution in [-0.2, 0) is 0 Å². The van der Waals surface area contributed by atoms with Crippen molar-refractivity contribution in [2.75, 3.05) is 0 Å². The van der Waals surface area contributed by atoms with Gasteiger partial charge in [0.1, 0.15) is 0 Å². The molecule has 182 valence electrons. The zero-order valence-corrected chi connectivity index (χ0v) is 22.9. The van der Waals surface area contributed by atoms with Gasteiger partial charge in [0.15, 0.2) is 0 Å². The molecule has 0 aliphatic carbocycles. The predicted molar refractivity (Wildman–Crippen MR) is 140 cm³/mol. The molecule has 0 heteroatoms. The summed E-state index contributed by atoms with van der Waals surface area (Å²) in [5.41, 5.74) is 0. The predicted octanol–water partition coefficient (Wildman–Crippen LogP) is 10.9. The zero-order valence-electron chi connectivity index (χ0n) is 22.9. The van der Waals surface area contributed by atoms with Crippen LogP contribution in [-0.4, -0.2) is 0 Å². The first kappa shape index (κ1) is 30.0. The van der Waals surface area contributed by atoms with E-state index < -0.39 is 0 Å². The maximum absolute atomic E-state index is 2.56. The van der Waals surface area contributed by atoms with Gasteiger partial charge in [0, 0.05) is 0 Å². The minimum absolute atomic E-state index is 0.901. The molecule has 0 saturated carbocycles. The van der Waals surface area contributed by atoms with Crippen LogP contribution in [0, 0.1) is 41.4 Å². The summed E-state index contributed by atoms with van der Waals surface area (Å²) < 4.78 is 0. The fraction of sp³-hybridized carbons (Fsp3) is 1.00. The molecule has 0 aromatic rings. The van der Waals surface area contributed by atoms with Crippen molar-refractivity contribution in [1.82, 2.24) is 0 Å². The highest BCUT2D eigenvalue weighted by molar-refractivity contribution is 4.74. The monoisotopic (exact) mass is 422 g/mol. The zero-order chi connectivity index (χ0) is 22.9. The first-order chi connectivity index (χ1) is 14.4. The van der Waals surface area contributed by atoms with Gasteiger partial charge in [-0.15, -0.1) is 0 Å². The molecule has 0 nitrogen and oxygen atoms in total. The quantitative estimate of drug-likeness (QED) is 0.183. The highest BCUT2D eigenvalue weighted by atomic mass is 14.3. The summed E-state index contributed by atoms with van der Waals surface area (Å²) in [5.74, 6) is 6.62. The summed E-state index contributed by atoms with van der Waals surface area (Å²) in [4.78, 5) is 0. The van der Waals surface area contributed by atoms with E-state index in [0.29, 0.717) is 0 Å². The Morgan fingerprint density at radius 1 is 0.300 bits per heavy atom. The minimum Gasteiger partial charge on any atom is -0.0651 e. The summed E-state index contributed by atoms with van der Waals surface area (Å²) in [7, 11) is 0. The number of rotatable bonds is 20. The maximum Gasteiger partial charge on any atom is -0.0412 e. The molecule has 0 radical (unpaired) electrons. The summed E-state index contributed by atoms with van der Waals surface area (Å²) in [5, 5.41) is 0. The van der Waals surface area contributed by atoms with Crippen LogP contribution < -0.4 is 0 Å². The molecule has 5 unspecified atom stereocenters. The van der Waals surface area contributed by atoms with Crippen molar-refractivity contribution in [2.24, 2.45) is 41.4 Å². The molecule has 0 aliphatic rings. The Morgan fingerprint density at radius 2 is 0.500 bits per heavy atom. The second-order valence-corrected chi connectivity index (χ2v) is 11.0. The Bertz CT molecular complexity index is 351. The Balaban J connectivity index is 4.70. The van der Waals surface area contributed by atoms with E-state index in [1.165, 1.54) is 89.9 Å². The Morgan fingerprint density at radius 3 is 0.733 bits per heavy atom. The summed E-state index contributed by atoms with van der Waals surface area (Å²) in [6, 6.07) is 0. The fourth-order valence-electron chi connectivity index (χ4n) is 6.08. The lowest BCUT2D eigenvalue weighted by Crippen LogP contribution is -2.18. The molecular formula is C30H62. The normalized spacial score (nSPS) is 17.3. The van der Waals surface area contributed by atoms with Crippen LogP contribution in [0.1, 0.15) is 152 Å². The first-order valence-electron chi connectivity index (χ1n) is 14.4. The summed E-state index contributed by atoms with van der Waals surface area (Å²) in [6.45, 7) is 21.9. The van der Waals surface area contributed by atoms with E-state index in [9.17, 15) is 0 Å². The van der Waals surface area contributed by atoms with Gasteiger partial charge in [-0.2, -0.15) is 0 Å². The third-order valence-electron chi connectivity index (χ3n) is 8.76. The van der Waals surface area contributed by atoms with Crippen LogP contribution in [0.4, 0.5) is 0 Å².